The second-order valence-corrected chi connectivity index (χ2v) is 9.91. The Balaban J connectivity index is 1.43. The third-order valence-corrected chi connectivity index (χ3v) is 6.86. The Labute approximate surface area is 196 Å². The van der Waals surface area contributed by atoms with Crippen LogP contribution in [0, 0.1) is 6.92 Å². The summed E-state index contributed by atoms with van der Waals surface area (Å²) in [6, 6.07) is 20.6. The molecule has 1 unspecified atom stereocenters. The molecule has 0 spiro atoms. The normalized spacial score (nSPS) is 16.8. The minimum Gasteiger partial charge on any atom is -0.341 e. The van der Waals surface area contributed by atoms with E-state index in [0.717, 1.165) is 48.6 Å². The maximum atomic E-state index is 13.5. The SMILES string of the molecule is Cc1ccc(C(C)(C)C(=O)N2CCCC(c3ccc(Cc4ccc(Cl)cc4)cn3)C2)cc1. The average Bonchev–Trinajstić information content (AvgIpc) is 2.81. The summed E-state index contributed by atoms with van der Waals surface area (Å²) in [5.41, 5.74) is 5.22. The van der Waals surface area contributed by atoms with Gasteiger partial charge in [0.1, 0.15) is 0 Å². The van der Waals surface area contributed by atoms with Crippen LogP contribution in [0.3, 0.4) is 0 Å². The van der Waals surface area contributed by atoms with Gasteiger partial charge in [-0.2, -0.15) is 0 Å². The Hall–Kier alpha value is -2.65. The molecule has 3 aromatic rings. The summed E-state index contributed by atoms with van der Waals surface area (Å²) in [5, 5.41) is 0.754. The van der Waals surface area contributed by atoms with Gasteiger partial charge in [-0.3, -0.25) is 9.78 Å². The first-order valence-corrected chi connectivity index (χ1v) is 11.8. The summed E-state index contributed by atoms with van der Waals surface area (Å²) >= 11 is 5.98. The van der Waals surface area contributed by atoms with Gasteiger partial charge in [-0.05, 0) is 74.9 Å². The molecule has 2 heterocycles. The molecule has 4 heteroatoms. The summed E-state index contributed by atoms with van der Waals surface area (Å²) in [7, 11) is 0. The lowest BCUT2D eigenvalue weighted by Gasteiger charge is -2.37. The van der Waals surface area contributed by atoms with Crippen molar-refractivity contribution in [2.75, 3.05) is 13.1 Å². The summed E-state index contributed by atoms with van der Waals surface area (Å²) < 4.78 is 0. The van der Waals surface area contributed by atoms with E-state index in [-0.39, 0.29) is 11.8 Å². The summed E-state index contributed by atoms with van der Waals surface area (Å²) in [6.45, 7) is 7.69. The van der Waals surface area contributed by atoms with E-state index in [1.54, 1.807) is 0 Å². The maximum Gasteiger partial charge on any atom is 0.232 e. The molecule has 0 N–H and O–H groups in total. The van der Waals surface area contributed by atoms with Gasteiger partial charge in [0, 0.05) is 35.9 Å². The molecule has 0 bridgehead atoms. The van der Waals surface area contributed by atoms with Crippen LogP contribution in [0.1, 0.15) is 60.6 Å². The number of halogens is 1. The zero-order valence-electron chi connectivity index (χ0n) is 19.1. The van der Waals surface area contributed by atoms with Crippen LogP contribution in [0.15, 0.2) is 66.9 Å². The molecule has 1 fully saturated rings. The van der Waals surface area contributed by atoms with Crippen molar-refractivity contribution < 1.29 is 4.79 Å². The number of piperidine rings is 1. The fourth-order valence-corrected chi connectivity index (χ4v) is 4.64. The fourth-order valence-electron chi connectivity index (χ4n) is 4.51. The lowest BCUT2D eigenvalue weighted by atomic mass is 9.81. The van der Waals surface area contributed by atoms with E-state index in [0.29, 0.717) is 0 Å². The lowest BCUT2D eigenvalue weighted by Crippen LogP contribution is -2.47. The first kappa shape index (κ1) is 22.5. The van der Waals surface area contributed by atoms with Gasteiger partial charge in [-0.25, -0.2) is 0 Å². The standard InChI is InChI=1S/C28H31ClN2O/c1-20-6-11-24(12-7-20)28(2,3)27(32)31-16-4-5-23(19-31)26-15-10-22(18-30-26)17-21-8-13-25(29)14-9-21/h6-15,18,23H,4-5,16-17,19H2,1-3H3. The van der Waals surface area contributed by atoms with Crippen molar-refractivity contribution in [3.05, 3.63) is 99.8 Å². The zero-order valence-corrected chi connectivity index (χ0v) is 19.9. The van der Waals surface area contributed by atoms with E-state index in [9.17, 15) is 4.79 Å². The van der Waals surface area contributed by atoms with Gasteiger partial charge in [0.25, 0.3) is 0 Å². The fraction of sp³-hybridized carbons (Fsp3) is 0.357. The summed E-state index contributed by atoms with van der Waals surface area (Å²) in [5.74, 6) is 0.483. The molecule has 4 rings (SSSR count). The monoisotopic (exact) mass is 446 g/mol. The molecule has 0 radical (unpaired) electrons. The third-order valence-electron chi connectivity index (χ3n) is 6.60. The number of hydrogen-bond donors (Lipinski definition) is 0. The number of likely N-dealkylation sites (tertiary alicyclic amines) is 1. The Morgan fingerprint density at radius 3 is 2.38 bits per heavy atom. The highest BCUT2D eigenvalue weighted by molar-refractivity contribution is 6.30. The number of carbonyl (C=O) groups is 1. The van der Waals surface area contributed by atoms with E-state index >= 15 is 0 Å². The Morgan fingerprint density at radius 1 is 1.03 bits per heavy atom. The lowest BCUT2D eigenvalue weighted by molar-refractivity contribution is -0.137. The van der Waals surface area contributed by atoms with Crippen molar-refractivity contribution >= 4 is 17.5 Å². The molecular formula is C28H31ClN2O. The second kappa shape index (κ2) is 9.46. The number of hydrogen-bond acceptors (Lipinski definition) is 2. The van der Waals surface area contributed by atoms with E-state index < -0.39 is 5.41 Å². The molecular weight excluding hydrogens is 416 g/mol. The molecule has 32 heavy (non-hydrogen) atoms. The average molecular weight is 447 g/mol. The van der Waals surface area contributed by atoms with Crippen molar-refractivity contribution in [2.24, 2.45) is 0 Å². The van der Waals surface area contributed by atoms with Crippen molar-refractivity contribution in [1.82, 2.24) is 9.88 Å². The van der Waals surface area contributed by atoms with Gasteiger partial charge >= 0.3 is 0 Å². The first-order chi connectivity index (χ1) is 15.3. The molecule has 166 valence electrons. The largest absolute Gasteiger partial charge is 0.341 e. The summed E-state index contributed by atoms with van der Waals surface area (Å²) in [6.07, 6.45) is 4.89. The highest BCUT2D eigenvalue weighted by atomic mass is 35.5. The molecule has 1 aliphatic rings. The molecule has 1 aromatic heterocycles. The number of nitrogens with zero attached hydrogens (tertiary/aromatic N) is 2. The van der Waals surface area contributed by atoms with E-state index in [2.05, 4.69) is 55.5 Å². The molecule has 2 aromatic carbocycles. The molecule has 1 atom stereocenters. The number of aryl methyl sites for hydroxylation is 1. The van der Waals surface area contributed by atoms with Gasteiger partial charge in [0.2, 0.25) is 5.91 Å². The van der Waals surface area contributed by atoms with Gasteiger partial charge in [0.15, 0.2) is 0 Å². The number of benzene rings is 2. The third kappa shape index (κ3) is 5.05. The zero-order chi connectivity index (χ0) is 22.7. The van der Waals surface area contributed by atoms with E-state index in [4.69, 9.17) is 16.6 Å². The van der Waals surface area contributed by atoms with Crippen LogP contribution in [0.2, 0.25) is 5.02 Å². The molecule has 3 nitrogen and oxygen atoms in total. The van der Waals surface area contributed by atoms with Crippen LogP contribution in [0.4, 0.5) is 0 Å². The first-order valence-electron chi connectivity index (χ1n) is 11.4. The van der Waals surface area contributed by atoms with Crippen LogP contribution in [-0.2, 0) is 16.6 Å². The van der Waals surface area contributed by atoms with Gasteiger partial charge in [-0.15, -0.1) is 0 Å². The maximum absolute atomic E-state index is 13.5. The second-order valence-electron chi connectivity index (χ2n) is 9.48. The molecule has 1 aliphatic heterocycles. The number of aromatic nitrogens is 1. The van der Waals surface area contributed by atoms with Crippen molar-refractivity contribution in [2.45, 2.75) is 51.4 Å². The van der Waals surface area contributed by atoms with Gasteiger partial charge in [0.05, 0.1) is 5.41 Å². The van der Waals surface area contributed by atoms with Crippen molar-refractivity contribution in [1.29, 1.82) is 0 Å². The van der Waals surface area contributed by atoms with Crippen LogP contribution >= 0.6 is 11.6 Å². The Morgan fingerprint density at radius 2 is 1.72 bits per heavy atom. The van der Waals surface area contributed by atoms with E-state index in [1.165, 1.54) is 16.7 Å². The van der Waals surface area contributed by atoms with Crippen LogP contribution in [0.25, 0.3) is 0 Å². The predicted molar refractivity (Wildman–Crippen MR) is 131 cm³/mol. The quantitative estimate of drug-likeness (QED) is 0.459. The highest BCUT2D eigenvalue weighted by Gasteiger charge is 2.36. The van der Waals surface area contributed by atoms with Gasteiger partial charge < -0.3 is 4.90 Å². The Bertz CT molecular complexity index is 1060. The Kier molecular flexibility index (Phi) is 6.66. The minimum absolute atomic E-state index is 0.199. The topological polar surface area (TPSA) is 33.2 Å². The van der Waals surface area contributed by atoms with Crippen molar-refractivity contribution in [3.8, 4) is 0 Å². The smallest absolute Gasteiger partial charge is 0.232 e. The highest BCUT2D eigenvalue weighted by Crippen LogP contribution is 2.31. The molecule has 0 saturated carbocycles. The van der Waals surface area contributed by atoms with Crippen LogP contribution in [-0.4, -0.2) is 28.9 Å². The summed E-state index contributed by atoms with van der Waals surface area (Å²) in [4.78, 5) is 20.3. The molecule has 1 saturated heterocycles. The molecule has 0 aliphatic carbocycles. The van der Waals surface area contributed by atoms with Gasteiger partial charge in [-0.1, -0.05) is 59.6 Å². The number of rotatable bonds is 5. The van der Waals surface area contributed by atoms with E-state index in [1.807, 2.05) is 37.1 Å². The minimum atomic E-state index is -0.536. The van der Waals surface area contributed by atoms with Crippen LogP contribution in [0.5, 0.6) is 0 Å². The number of pyridine rings is 1. The number of amides is 1. The predicted octanol–water partition coefficient (Wildman–Crippen LogP) is 6.32. The van der Waals surface area contributed by atoms with Crippen molar-refractivity contribution in [3.63, 3.8) is 0 Å². The van der Waals surface area contributed by atoms with Crippen LogP contribution < -0.4 is 0 Å². The molecule has 1 amide bonds. The number of carbonyl (C=O) groups excluding carboxylic acids is 1.